The van der Waals surface area contributed by atoms with E-state index in [9.17, 15) is 8.42 Å². The number of nitrogens with zero attached hydrogens (tertiary/aromatic N) is 1. The van der Waals surface area contributed by atoms with Gasteiger partial charge in [-0.15, -0.1) is 0 Å². The van der Waals surface area contributed by atoms with Crippen molar-refractivity contribution in [3.63, 3.8) is 0 Å². The number of nitrogens with one attached hydrogen (secondary N) is 1. The molecule has 100 valence electrons. The van der Waals surface area contributed by atoms with Crippen LogP contribution in [-0.2, 0) is 10.0 Å². The van der Waals surface area contributed by atoms with E-state index >= 15 is 0 Å². The Labute approximate surface area is 105 Å². The van der Waals surface area contributed by atoms with E-state index in [0.29, 0.717) is 6.54 Å². The maximum atomic E-state index is 12.3. The first-order valence-corrected chi connectivity index (χ1v) is 8.02. The van der Waals surface area contributed by atoms with Crippen LogP contribution in [0.4, 0.5) is 0 Å². The van der Waals surface area contributed by atoms with Gasteiger partial charge in [-0.25, -0.2) is 12.7 Å². The van der Waals surface area contributed by atoms with Crippen molar-refractivity contribution in [2.75, 3.05) is 31.9 Å². The summed E-state index contributed by atoms with van der Waals surface area (Å²) >= 11 is 0. The van der Waals surface area contributed by atoms with E-state index in [-0.39, 0.29) is 16.6 Å². The van der Waals surface area contributed by atoms with E-state index < -0.39 is 10.0 Å². The Morgan fingerprint density at radius 1 is 1.29 bits per heavy atom. The fourth-order valence-electron chi connectivity index (χ4n) is 2.91. The van der Waals surface area contributed by atoms with Crippen molar-refractivity contribution in [3.05, 3.63) is 0 Å². The second kappa shape index (κ2) is 4.21. The SMILES string of the molecule is CC(C)(C)CS(=O)(=O)N1CCC2(CCNC2)C1. The van der Waals surface area contributed by atoms with E-state index in [4.69, 9.17) is 0 Å². The highest BCUT2D eigenvalue weighted by Crippen LogP contribution is 2.37. The zero-order valence-corrected chi connectivity index (χ0v) is 11.9. The number of sulfonamides is 1. The number of hydrogen-bond donors (Lipinski definition) is 1. The normalized spacial score (nSPS) is 31.5. The molecule has 0 radical (unpaired) electrons. The maximum absolute atomic E-state index is 12.3. The van der Waals surface area contributed by atoms with Gasteiger partial charge in [0, 0.05) is 19.6 Å². The lowest BCUT2D eigenvalue weighted by Crippen LogP contribution is -2.37. The highest BCUT2D eigenvalue weighted by atomic mass is 32.2. The van der Waals surface area contributed by atoms with Gasteiger partial charge < -0.3 is 5.32 Å². The van der Waals surface area contributed by atoms with Crippen LogP contribution in [0.1, 0.15) is 33.6 Å². The molecule has 0 saturated carbocycles. The van der Waals surface area contributed by atoms with Crippen molar-refractivity contribution >= 4 is 10.0 Å². The van der Waals surface area contributed by atoms with E-state index in [1.807, 2.05) is 20.8 Å². The predicted molar refractivity (Wildman–Crippen MR) is 69.4 cm³/mol. The molecule has 0 aliphatic carbocycles. The van der Waals surface area contributed by atoms with Gasteiger partial charge in [0.15, 0.2) is 0 Å². The summed E-state index contributed by atoms with van der Waals surface area (Å²) in [4.78, 5) is 0. The minimum atomic E-state index is -3.08. The molecule has 0 aromatic rings. The fraction of sp³-hybridized carbons (Fsp3) is 1.00. The van der Waals surface area contributed by atoms with Crippen LogP contribution >= 0.6 is 0 Å². The second-order valence-corrected chi connectivity index (χ2v) is 8.80. The van der Waals surface area contributed by atoms with Crippen LogP contribution in [-0.4, -0.2) is 44.7 Å². The minimum absolute atomic E-state index is 0.164. The predicted octanol–water partition coefficient (Wildman–Crippen LogP) is 1.05. The summed E-state index contributed by atoms with van der Waals surface area (Å²) in [6, 6.07) is 0. The van der Waals surface area contributed by atoms with Gasteiger partial charge in [-0.3, -0.25) is 0 Å². The first-order valence-electron chi connectivity index (χ1n) is 6.41. The van der Waals surface area contributed by atoms with Crippen molar-refractivity contribution in [1.82, 2.24) is 9.62 Å². The molecule has 2 aliphatic rings. The van der Waals surface area contributed by atoms with Crippen LogP contribution in [0.15, 0.2) is 0 Å². The van der Waals surface area contributed by atoms with E-state index in [2.05, 4.69) is 5.32 Å². The summed E-state index contributed by atoms with van der Waals surface area (Å²) in [5.74, 6) is 0.253. The van der Waals surface area contributed by atoms with Gasteiger partial charge in [-0.05, 0) is 30.2 Å². The quantitative estimate of drug-likeness (QED) is 0.807. The average Bonchev–Trinajstić information content (AvgIpc) is 2.73. The summed E-state index contributed by atoms with van der Waals surface area (Å²) in [6.45, 7) is 9.38. The molecule has 2 aliphatic heterocycles. The number of hydrogen-bond acceptors (Lipinski definition) is 3. The fourth-order valence-corrected chi connectivity index (χ4v) is 5.03. The molecule has 1 atom stereocenters. The highest BCUT2D eigenvalue weighted by molar-refractivity contribution is 7.89. The van der Waals surface area contributed by atoms with Crippen LogP contribution in [0.3, 0.4) is 0 Å². The van der Waals surface area contributed by atoms with Crippen molar-refractivity contribution in [2.24, 2.45) is 10.8 Å². The Kier molecular flexibility index (Phi) is 3.30. The largest absolute Gasteiger partial charge is 0.316 e. The molecule has 0 amide bonds. The molecule has 2 rings (SSSR count). The van der Waals surface area contributed by atoms with Crippen molar-refractivity contribution in [1.29, 1.82) is 0 Å². The molecule has 1 spiro atoms. The van der Waals surface area contributed by atoms with Crippen molar-refractivity contribution in [3.8, 4) is 0 Å². The van der Waals surface area contributed by atoms with Gasteiger partial charge in [0.2, 0.25) is 10.0 Å². The molecule has 2 heterocycles. The standard InChI is InChI=1S/C12H24N2O2S/c1-11(2,3)10-17(15,16)14-7-5-12(9-14)4-6-13-8-12/h13H,4-10H2,1-3H3. The Morgan fingerprint density at radius 3 is 2.53 bits per heavy atom. The average molecular weight is 260 g/mol. The van der Waals surface area contributed by atoms with Gasteiger partial charge >= 0.3 is 0 Å². The second-order valence-electron chi connectivity index (χ2n) is 6.83. The molecule has 17 heavy (non-hydrogen) atoms. The molecule has 2 saturated heterocycles. The van der Waals surface area contributed by atoms with E-state index in [1.54, 1.807) is 4.31 Å². The van der Waals surface area contributed by atoms with Gasteiger partial charge in [-0.1, -0.05) is 20.8 Å². The molecule has 5 heteroatoms. The Hall–Kier alpha value is -0.130. The third kappa shape index (κ3) is 3.01. The van der Waals surface area contributed by atoms with Crippen LogP contribution in [0.25, 0.3) is 0 Å². The molecule has 1 unspecified atom stereocenters. The number of rotatable bonds is 2. The Balaban J connectivity index is 2.05. The third-order valence-corrected chi connectivity index (χ3v) is 6.07. The highest BCUT2D eigenvalue weighted by Gasteiger charge is 2.44. The summed E-state index contributed by atoms with van der Waals surface area (Å²) in [5.41, 5.74) is 0.0630. The maximum Gasteiger partial charge on any atom is 0.214 e. The molecular weight excluding hydrogens is 236 g/mol. The lowest BCUT2D eigenvalue weighted by atomic mass is 9.87. The van der Waals surface area contributed by atoms with Gasteiger partial charge in [0.05, 0.1) is 5.75 Å². The third-order valence-electron chi connectivity index (χ3n) is 3.74. The summed E-state index contributed by atoms with van der Waals surface area (Å²) in [6.07, 6.45) is 2.14. The van der Waals surface area contributed by atoms with E-state index in [1.165, 1.54) is 0 Å². The van der Waals surface area contributed by atoms with Crippen LogP contribution < -0.4 is 5.32 Å². The van der Waals surface area contributed by atoms with Gasteiger partial charge in [-0.2, -0.15) is 0 Å². The van der Waals surface area contributed by atoms with Gasteiger partial charge in [0.25, 0.3) is 0 Å². The summed E-state index contributed by atoms with van der Waals surface area (Å²) in [5, 5.41) is 3.35. The zero-order valence-electron chi connectivity index (χ0n) is 11.1. The van der Waals surface area contributed by atoms with Crippen LogP contribution in [0, 0.1) is 10.8 Å². The lowest BCUT2D eigenvalue weighted by Gasteiger charge is -2.25. The molecule has 2 fully saturated rings. The topological polar surface area (TPSA) is 49.4 Å². The lowest BCUT2D eigenvalue weighted by molar-refractivity contribution is 0.335. The molecule has 0 aromatic carbocycles. The molecular formula is C12H24N2O2S. The van der Waals surface area contributed by atoms with Crippen LogP contribution in [0.5, 0.6) is 0 Å². The van der Waals surface area contributed by atoms with Crippen molar-refractivity contribution < 1.29 is 8.42 Å². The van der Waals surface area contributed by atoms with Crippen LogP contribution in [0.2, 0.25) is 0 Å². The molecule has 0 bridgehead atoms. The monoisotopic (exact) mass is 260 g/mol. The summed E-state index contributed by atoms with van der Waals surface area (Å²) < 4.78 is 26.3. The Morgan fingerprint density at radius 2 is 2.00 bits per heavy atom. The minimum Gasteiger partial charge on any atom is -0.316 e. The molecule has 1 N–H and O–H groups in total. The summed E-state index contributed by atoms with van der Waals surface area (Å²) in [7, 11) is -3.08. The van der Waals surface area contributed by atoms with Gasteiger partial charge in [0.1, 0.15) is 0 Å². The smallest absolute Gasteiger partial charge is 0.214 e. The molecule has 0 aromatic heterocycles. The van der Waals surface area contributed by atoms with E-state index in [0.717, 1.165) is 32.5 Å². The Bertz CT molecular complexity index is 378. The molecule has 4 nitrogen and oxygen atoms in total. The van der Waals surface area contributed by atoms with Crippen molar-refractivity contribution in [2.45, 2.75) is 33.6 Å². The zero-order chi connectivity index (χ0) is 12.7. The first kappa shape index (κ1) is 13.3. The first-order chi connectivity index (χ1) is 7.73.